The lowest BCUT2D eigenvalue weighted by Crippen LogP contribution is -2.38. The SMILES string of the molecule is COc1cccc(C2CNCCC2O)c1. The lowest BCUT2D eigenvalue weighted by Gasteiger charge is -2.28. The van der Waals surface area contributed by atoms with E-state index in [1.807, 2.05) is 24.3 Å². The van der Waals surface area contributed by atoms with Crippen molar-refractivity contribution in [3.8, 4) is 5.75 Å². The maximum absolute atomic E-state index is 9.91. The topological polar surface area (TPSA) is 41.5 Å². The number of piperidine rings is 1. The van der Waals surface area contributed by atoms with Crippen molar-refractivity contribution in [2.75, 3.05) is 20.2 Å². The smallest absolute Gasteiger partial charge is 0.119 e. The van der Waals surface area contributed by atoms with Crippen LogP contribution < -0.4 is 10.1 Å². The third-order valence-corrected chi connectivity index (χ3v) is 2.97. The molecule has 82 valence electrons. The second-order valence-electron chi connectivity index (χ2n) is 3.94. The van der Waals surface area contributed by atoms with Gasteiger partial charge in [0.25, 0.3) is 0 Å². The van der Waals surface area contributed by atoms with Gasteiger partial charge in [-0.2, -0.15) is 0 Å². The van der Waals surface area contributed by atoms with Crippen molar-refractivity contribution in [1.82, 2.24) is 5.32 Å². The molecular weight excluding hydrogens is 190 g/mol. The van der Waals surface area contributed by atoms with Crippen LogP contribution in [0.4, 0.5) is 0 Å². The molecule has 0 aliphatic carbocycles. The van der Waals surface area contributed by atoms with E-state index in [2.05, 4.69) is 5.32 Å². The van der Waals surface area contributed by atoms with Crippen LogP contribution in [0.25, 0.3) is 0 Å². The number of benzene rings is 1. The van der Waals surface area contributed by atoms with Crippen LogP contribution in [0.5, 0.6) is 5.75 Å². The molecule has 0 spiro atoms. The first-order valence-electron chi connectivity index (χ1n) is 5.34. The van der Waals surface area contributed by atoms with E-state index in [1.165, 1.54) is 0 Å². The van der Waals surface area contributed by atoms with E-state index in [0.717, 1.165) is 30.8 Å². The molecular formula is C12H17NO2. The van der Waals surface area contributed by atoms with Gasteiger partial charge >= 0.3 is 0 Å². The summed E-state index contributed by atoms with van der Waals surface area (Å²) in [7, 11) is 1.66. The third kappa shape index (κ3) is 2.30. The minimum atomic E-state index is -0.238. The van der Waals surface area contributed by atoms with Crippen LogP contribution in [0.1, 0.15) is 17.9 Å². The normalized spacial score (nSPS) is 26.3. The van der Waals surface area contributed by atoms with Crippen molar-refractivity contribution >= 4 is 0 Å². The average Bonchev–Trinajstić information content (AvgIpc) is 2.30. The van der Waals surface area contributed by atoms with Crippen molar-refractivity contribution in [1.29, 1.82) is 0 Å². The van der Waals surface area contributed by atoms with Gasteiger partial charge in [0.05, 0.1) is 13.2 Å². The van der Waals surface area contributed by atoms with Crippen molar-refractivity contribution in [2.24, 2.45) is 0 Å². The van der Waals surface area contributed by atoms with Crippen molar-refractivity contribution in [3.05, 3.63) is 29.8 Å². The van der Waals surface area contributed by atoms with Gasteiger partial charge in [-0.05, 0) is 30.7 Å². The van der Waals surface area contributed by atoms with Gasteiger partial charge in [-0.25, -0.2) is 0 Å². The highest BCUT2D eigenvalue weighted by Crippen LogP contribution is 2.26. The number of methoxy groups -OCH3 is 1. The van der Waals surface area contributed by atoms with E-state index in [4.69, 9.17) is 4.74 Å². The Bertz CT molecular complexity index is 327. The first-order chi connectivity index (χ1) is 7.31. The fourth-order valence-electron chi connectivity index (χ4n) is 2.06. The molecule has 3 heteroatoms. The molecule has 2 unspecified atom stereocenters. The minimum Gasteiger partial charge on any atom is -0.497 e. The van der Waals surface area contributed by atoms with Crippen LogP contribution in [0.2, 0.25) is 0 Å². The number of aliphatic hydroxyl groups is 1. The van der Waals surface area contributed by atoms with Gasteiger partial charge in [0, 0.05) is 12.5 Å². The number of aliphatic hydroxyl groups excluding tert-OH is 1. The van der Waals surface area contributed by atoms with E-state index in [1.54, 1.807) is 7.11 Å². The molecule has 1 aromatic carbocycles. The minimum absolute atomic E-state index is 0.189. The fourth-order valence-corrected chi connectivity index (χ4v) is 2.06. The summed E-state index contributed by atoms with van der Waals surface area (Å²) in [5, 5.41) is 13.2. The van der Waals surface area contributed by atoms with Crippen LogP contribution in [-0.2, 0) is 0 Å². The summed E-state index contributed by atoms with van der Waals surface area (Å²) >= 11 is 0. The Morgan fingerprint density at radius 2 is 2.33 bits per heavy atom. The Balaban J connectivity index is 2.19. The van der Waals surface area contributed by atoms with Crippen LogP contribution in [0.15, 0.2) is 24.3 Å². The number of nitrogens with one attached hydrogen (secondary N) is 1. The zero-order valence-electron chi connectivity index (χ0n) is 8.94. The van der Waals surface area contributed by atoms with Crippen molar-refractivity contribution in [3.63, 3.8) is 0 Å². The van der Waals surface area contributed by atoms with E-state index in [0.29, 0.717) is 0 Å². The largest absolute Gasteiger partial charge is 0.497 e. The molecule has 1 aliphatic rings. The van der Waals surface area contributed by atoms with E-state index in [9.17, 15) is 5.11 Å². The summed E-state index contributed by atoms with van der Waals surface area (Å²) in [4.78, 5) is 0. The zero-order chi connectivity index (χ0) is 10.7. The van der Waals surface area contributed by atoms with E-state index < -0.39 is 0 Å². The predicted molar refractivity (Wildman–Crippen MR) is 59.2 cm³/mol. The molecule has 1 fully saturated rings. The lowest BCUT2D eigenvalue weighted by atomic mass is 9.89. The third-order valence-electron chi connectivity index (χ3n) is 2.97. The summed E-state index contributed by atoms with van der Waals surface area (Å²) in [6.45, 7) is 1.75. The van der Waals surface area contributed by atoms with Gasteiger partial charge in [-0.1, -0.05) is 12.1 Å². The van der Waals surface area contributed by atoms with Gasteiger partial charge in [0.15, 0.2) is 0 Å². The Morgan fingerprint density at radius 1 is 1.47 bits per heavy atom. The quantitative estimate of drug-likeness (QED) is 0.764. The monoisotopic (exact) mass is 207 g/mol. The first-order valence-corrected chi connectivity index (χ1v) is 5.34. The number of rotatable bonds is 2. The van der Waals surface area contributed by atoms with Gasteiger partial charge in [-0.15, -0.1) is 0 Å². The summed E-state index contributed by atoms with van der Waals surface area (Å²) in [5.41, 5.74) is 1.15. The van der Waals surface area contributed by atoms with Crippen molar-refractivity contribution < 1.29 is 9.84 Å². The molecule has 0 bridgehead atoms. The number of hydrogen-bond acceptors (Lipinski definition) is 3. The van der Waals surface area contributed by atoms with Crippen molar-refractivity contribution in [2.45, 2.75) is 18.4 Å². The molecule has 0 saturated carbocycles. The maximum atomic E-state index is 9.91. The first kappa shape index (κ1) is 10.5. The molecule has 3 nitrogen and oxygen atoms in total. The highest BCUT2D eigenvalue weighted by atomic mass is 16.5. The van der Waals surface area contributed by atoms with Crippen LogP contribution in [-0.4, -0.2) is 31.4 Å². The summed E-state index contributed by atoms with van der Waals surface area (Å²) in [5.74, 6) is 1.04. The zero-order valence-corrected chi connectivity index (χ0v) is 8.94. The second-order valence-corrected chi connectivity index (χ2v) is 3.94. The van der Waals surface area contributed by atoms with Gasteiger partial charge in [0.2, 0.25) is 0 Å². The Kier molecular flexibility index (Phi) is 3.23. The molecule has 1 saturated heterocycles. The molecule has 1 aliphatic heterocycles. The number of ether oxygens (including phenoxy) is 1. The maximum Gasteiger partial charge on any atom is 0.119 e. The lowest BCUT2D eigenvalue weighted by molar-refractivity contribution is 0.114. The summed E-state index contributed by atoms with van der Waals surface area (Å²) in [6, 6.07) is 7.94. The summed E-state index contributed by atoms with van der Waals surface area (Å²) < 4.78 is 5.18. The molecule has 2 atom stereocenters. The molecule has 15 heavy (non-hydrogen) atoms. The molecule has 0 aromatic heterocycles. The second kappa shape index (κ2) is 4.64. The standard InChI is InChI=1S/C12H17NO2/c1-15-10-4-2-3-9(7-10)11-8-13-6-5-12(11)14/h2-4,7,11-14H,5-6,8H2,1H3. The number of hydrogen-bond donors (Lipinski definition) is 2. The fraction of sp³-hybridized carbons (Fsp3) is 0.500. The van der Waals surface area contributed by atoms with Gasteiger partial charge in [-0.3, -0.25) is 0 Å². The predicted octanol–water partition coefficient (Wildman–Crippen LogP) is 1.13. The van der Waals surface area contributed by atoms with E-state index in [-0.39, 0.29) is 12.0 Å². The molecule has 2 rings (SSSR count). The highest BCUT2D eigenvalue weighted by molar-refractivity contribution is 5.32. The molecule has 0 amide bonds. The summed E-state index contributed by atoms with van der Waals surface area (Å²) in [6.07, 6.45) is 0.584. The Labute approximate surface area is 90.1 Å². The molecule has 1 heterocycles. The molecule has 0 radical (unpaired) electrons. The van der Waals surface area contributed by atoms with Gasteiger partial charge in [0.1, 0.15) is 5.75 Å². The highest BCUT2D eigenvalue weighted by Gasteiger charge is 2.24. The molecule has 2 N–H and O–H groups in total. The van der Waals surface area contributed by atoms with Crippen LogP contribution >= 0.6 is 0 Å². The Morgan fingerprint density at radius 3 is 3.07 bits per heavy atom. The Hall–Kier alpha value is -1.06. The van der Waals surface area contributed by atoms with E-state index >= 15 is 0 Å². The van der Waals surface area contributed by atoms with Gasteiger partial charge < -0.3 is 15.2 Å². The molecule has 1 aromatic rings. The van der Waals surface area contributed by atoms with Crippen LogP contribution in [0, 0.1) is 0 Å². The van der Waals surface area contributed by atoms with Crippen LogP contribution in [0.3, 0.4) is 0 Å². The average molecular weight is 207 g/mol.